The molecule has 0 aromatic heterocycles. The van der Waals surface area contributed by atoms with Gasteiger partial charge in [-0.05, 0) is 12.5 Å². The van der Waals surface area contributed by atoms with Gasteiger partial charge in [0, 0.05) is 19.2 Å². The molecule has 1 heterocycles. The zero-order chi connectivity index (χ0) is 16.1. The molecule has 0 fully saturated rings. The fourth-order valence-electron chi connectivity index (χ4n) is 2.26. The van der Waals surface area contributed by atoms with Crippen molar-refractivity contribution in [1.82, 2.24) is 0 Å². The number of hydrogen-bond donors (Lipinski definition) is 1. The number of amides is 1. The number of benzene rings is 1. The van der Waals surface area contributed by atoms with E-state index in [4.69, 9.17) is 15.2 Å². The molecular weight excluding hydrogens is 290 g/mol. The monoisotopic (exact) mass is 309 g/mol. The third-order valence-corrected chi connectivity index (χ3v) is 3.35. The summed E-state index contributed by atoms with van der Waals surface area (Å²) in [5, 5.41) is 10.9. The molecule has 22 heavy (non-hydrogen) atoms. The molecule has 1 aliphatic heterocycles. The number of carbonyl (C=O) groups excluding carboxylic acids is 1. The lowest BCUT2D eigenvalue weighted by molar-refractivity contribution is -0.384. The summed E-state index contributed by atoms with van der Waals surface area (Å²) in [6, 6.07) is 4.23. The SMILES string of the molecule is CCC1Oc2cc([N+](=O)[O-])ccc2N(CCOCCN)C1=O. The van der Waals surface area contributed by atoms with Gasteiger partial charge in [0.1, 0.15) is 0 Å². The Morgan fingerprint density at radius 1 is 1.45 bits per heavy atom. The summed E-state index contributed by atoms with van der Waals surface area (Å²) >= 11 is 0. The average Bonchev–Trinajstić information content (AvgIpc) is 2.52. The molecule has 0 aliphatic carbocycles. The smallest absolute Gasteiger partial charge is 0.273 e. The van der Waals surface area contributed by atoms with Crippen molar-refractivity contribution in [2.45, 2.75) is 19.4 Å². The zero-order valence-electron chi connectivity index (χ0n) is 12.4. The first-order valence-corrected chi connectivity index (χ1v) is 7.12. The van der Waals surface area contributed by atoms with Crippen molar-refractivity contribution in [1.29, 1.82) is 0 Å². The third kappa shape index (κ3) is 3.34. The molecule has 0 bridgehead atoms. The second kappa shape index (κ2) is 7.19. The van der Waals surface area contributed by atoms with Gasteiger partial charge in [-0.15, -0.1) is 0 Å². The Morgan fingerprint density at radius 3 is 2.86 bits per heavy atom. The van der Waals surface area contributed by atoms with E-state index < -0.39 is 11.0 Å². The Bertz CT molecular complexity index is 563. The summed E-state index contributed by atoms with van der Waals surface area (Å²) in [5.74, 6) is 0.180. The molecule has 1 amide bonds. The zero-order valence-corrected chi connectivity index (χ0v) is 12.4. The van der Waals surface area contributed by atoms with E-state index in [9.17, 15) is 14.9 Å². The number of nitro groups is 1. The summed E-state index contributed by atoms with van der Waals surface area (Å²) in [6.07, 6.45) is -0.148. The predicted molar refractivity (Wildman–Crippen MR) is 80.0 cm³/mol. The fraction of sp³-hybridized carbons (Fsp3) is 0.500. The number of nitrogens with two attached hydrogens (primary N) is 1. The summed E-state index contributed by atoms with van der Waals surface area (Å²) in [5.41, 5.74) is 5.81. The lowest BCUT2D eigenvalue weighted by Gasteiger charge is -2.33. The first-order chi connectivity index (χ1) is 10.6. The highest BCUT2D eigenvalue weighted by atomic mass is 16.6. The number of fused-ring (bicyclic) bond motifs is 1. The highest BCUT2D eigenvalue weighted by Gasteiger charge is 2.34. The molecule has 1 aliphatic rings. The minimum atomic E-state index is -0.635. The van der Waals surface area contributed by atoms with Gasteiger partial charge in [0.25, 0.3) is 11.6 Å². The van der Waals surface area contributed by atoms with Gasteiger partial charge in [0.05, 0.1) is 29.9 Å². The topological polar surface area (TPSA) is 108 Å². The Kier molecular flexibility index (Phi) is 5.29. The number of rotatable bonds is 7. The molecule has 8 heteroatoms. The van der Waals surface area contributed by atoms with Gasteiger partial charge in [-0.2, -0.15) is 0 Å². The molecule has 1 aromatic rings. The van der Waals surface area contributed by atoms with Crippen LogP contribution in [0.2, 0.25) is 0 Å². The van der Waals surface area contributed by atoms with Crippen molar-refractivity contribution >= 4 is 17.3 Å². The Morgan fingerprint density at radius 2 is 2.23 bits per heavy atom. The molecule has 1 aromatic carbocycles. The maximum atomic E-state index is 12.4. The summed E-state index contributed by atoms with van der Waals surface area (Å²) in [4.78, 5) is 24.3. The van der Waals surface area contributed by atoms with Crippen LogP contribution in [0.25, 0.3) is 0 Å². The van der Waals surface area contributed by atoms with Crippen LogP contribution in [0.15, 0.2) is 18.2 Å². The number of anilines is 1. The third-order valence-electron chi connectivity index (χ3n) is 3.35. The first kappa shape index (κ1) is 16.2. The van der Waals surface area contributed by atoms with Crippen LogP contribution in [0.4, 0.5) is 11.4 Å². The molecule has 0 spiro atoms. The molecule has 120 valence electrons. The Balaban J connectivity index is 2.24. The molecule has 8 nitrogen and oxygen atoms in total. The van der Waals surface area contributed by atoms with E-state index in [0.717, 1.165) is 0 Å². The van der Waals surface area contributed by atoms with Crippen LogP contribution in [0.5, 0.6) is 5.75 Å². The average molecular weight is 309 g/mol. The minimum absolute atomic E-state index is 0.0673. The first-order valence-electron chi connectivity index (χ1n) is 7.12. The maximum Gasteiger partial charge on any atom is 0.273 e. The van der Waals surface area contributed by atoms with Crippen LogP contribution >= 0.6 is 0 Å². The van der Waals surface area contributed by atoms with Crippen LogP contribution in [0.3, 0.4) is 0 Å². The number of nitrogens with zero attached hydrogens (tertiary/aromatic N) is 2. The van der Waals surface area contributed by atoms with Gasteiger partial charge in [-0.3, -0.25) is 14.9 Å². The number of ether oxygens (including phenoxy) is 2. The van der Waals surface area contributed by atoms with E-state index in [1.807, 2.05) is 6.92 Å². The van der Waals surface area contributed by atoms with Gasteiger partial charge < -0.3 is 20.1 Å². The Labute approximate surface area is 127 Å². The van der Waals surface area contributed by atoms with E-state index in [1.165, 1.54) is 18.2 Å². The van der Waals surface area contributed by atoms with E-state index >= 15 is 0 Å². The molecule has 0 saturated carbocycles. The van der Waals surface area contributed by atoms with Crippen molar-refractivity contribution in [2.24, 2.45) is 5.73 Å². The summed E-state index contributed by atoms with van der Waals surface area (Å²) in [7, 11) is 0. The molecule has 2 N–H and O–H groups in total. The largest absolute Gasteiger partial charge is 0.478 e. The highest BCUT2D eigenvalue weighted by molar-refractivity contribution is 6.00. The van der Waals surface area contributed by atoms with E-state index in [-0.39, 0.29) is 11.6 Å². The lowest BCUT2D eigenvalue weighted by atomic mass is 10.1. The Hall–Kier alpha value is -2.19. The van der Waals surface area contributed by atoms with Gasteiger partial charge in [0.2, 0.25) is 0 Å². The molecule has 2 rings (SSSR count). The number of nitro benzene ring substituents is 1. The van der Waals surface area contributed by atoms with Crippen LogP contribution < -0.4 is 15.4 Å². The van der Waals surface area contributed by atoms with Crippen LogP contribution in [0, 0.1) is 10.1 Å². The standard InChI is InChI=1S/C14H19N3O5/c1-2-12-14(18)16(6-8-21-7-5-15)11-4-3-10(17(19)20)9-13(11)22-12/h3-4,9,12H,2,5-8,15H2,1H3. The van der Waals surface area contributed by atoms with E-state index in [1.54, 1.807) is 4.90 Å². The molecular formula is C14H19N3O5. The molecule has 1 unspecified atom stereocenters. The number of carbonyl (C=O) groups is 1. The van der Waals surface area contributed by atoms with Crippen molar-refractivity contribution in [2.75, 3.05) is 31.2 Å². The van der Waals surface area contributed by atoms with Crippen LogP contribution in [0.1, 0.15) is 13.3 Å². The maximum absolute atomic E-state index is 12.4. The van der Waals surface area contributed by atoms with Crippen molar-refractivity contribution in [3.05, 3.63) is 28.3 Å². The molecule has 1 atom stereocenters. The normalized spacial score (nSPS) is 17.1. The van der Waals surface area contributed by atoms with Crippen LogP contribution in [-0.4, -0.2) is 43.2 Å². The fourth-order valence-corrected chi connectivity index (χ4v) is 2.26. The summed E-state index contributed by atoms with van der Waals surface area (Å²) < 4.78 is 10.9. The quantitative estimate of drug-likeness (QED) is 0.458. The van der Waals surface area contributed by atoms with Crippen molar-refractivity contribution in [3.8, 4) is 5.75 Å². The van der Waals surface area contributed by atoms with Gasteiger partial charge >= 0.3 is 0 Å². The van der Waals surface area contributed by atoms with E-state index in [0.29, 0.717) is 44.2 Å². The van der Waals surface area contributed by atoms with Gasteiger partial charge in [-0.25, -0.2) is 0 Å². The lowest BCUT2D eigenvalue weighted by Crippen LogP contribution is -2.47. The molecule has 0 saturated heterocycles. The van der Waals surface area contributed by atoms with E-state index in [2.05, 4.69) is 0 Å². The molecule has 0 radical (unpaired) electrons. The second-order valence-electron chi connectivity index (χ2n) is 4.81. The van der Waals surface area contributed by atoms with Gasteiger partial charge in [0.15, 0.2) is 11.9 Å². The number of non-ortho nitro benzene ring substituents is 1. The van der Waals surface area contributed by atoms with Crippen molar-refractivity contribution in [3.63, 3.8) is 0 Å². The van der Waals surface area contributed by atoms with Crippen LogP contribution in [-0.2, 0) is 9.53 Å². The second-order valence-corrected chi connectivity index (χ2v) is 4.81. The van der Waals surface area contributed by atoms with Gasteiger partial charge in [-0.1, -0.05) is 6.92 Å². The predicted octanol–water partition coefficient (Wildman–Crippen LogP) is 1.07. The number of hydrogen-bond acceptors (Lipinski definition) is 6. The minimum Gasteiger partial charge on any atom is -0.478 e. The summed E-state index contributed by atoms with van der Waals surface area (Å²) in [6.45, 7) is 3.35. The van der Waals surface area contributed by atoms with Crippen molar-refractivity contribution < 1.29 is 19.2 Å². The highest BCUT2D eigenvalue weighted by Crippen LogP contribution is 2.37.